The van der Waals surface area contributed by atoms with E-state index in [0.29, 0.717) is 10.8 Å². The molecule has 0 fully saturated rings. The van der Waals surface area contributed by atoms with Crippen LogP contribution < -0.4 is 10.5 Å². The minimum Gasteiger partial charge on any atom is -0.329 e. The van der Waals surface area contributed by atoms with Gasteiger partial charge in [0.1, 0.15) is 4.21 Å². The van der Waals surface area contributed by atoms with Crippen molar-refractivity contribution in [3.05, 3.63) is 15.4 Å². The molecule has 0 saturated heterocycles. The Morgan fingerprint density at radius 3 is 2.65 bits per heavy atom. The van der Waals surface area contributed by atoms with Gasteiger partial charge in [-0.05, 0) is 40.9 Å². The normalized spacial score (nSPS) is 13.9. The predicted octanol–water partition coefficient (Wildman–Crippen LogP) is 2.22. The molecule has 1 rings (SSSR count). The molecule has 0 radical (unpaired) electrons. The minimum atomic E-state index is -3.44. The molecule has 0 aliphatic heterocycles. The van der Waals surface area contributed by atoms with Gasteiger partial charge in [0, 0.05) is 12.6 Å². The van der Waals surface area contributed by atoms with Crippen molar-refractivity contribution < 1.29 is 8.42 Å². The molecule has 0 bridgehead atoms. The number of rotatable bonds is 6. The summed E-state index contributed by atoms with van der Waals surface area (Å²) in [5.74, 6) is 0. The van der Waals surface area contributed by atoms with Crippen LogP contribution in [0.1, 0.15) is 25.3 Å². The van der Waals surface area contributed by atoms with E-state index in [4.69, 9.17) is 5.73 Å². The summed E-state index contributed by atoms with van der Waals surface area (Å²) < 4.78 is 27.9. The topological polar surface area (TPSA) is 72.2 Å². The summed E-state index contributed by atoms with van der Waals surface area (Å²) in [6.07, 6.45) is 1.65. The summed E-state index contributed by atoms with van der Waals surface area (Å²) in [5, 5.41) is 0. The zero-order valence-electron chi connectivity index (χ0n) is 9.86. The minimum absolute atomic E-state index is 0.189. The molecule has 0 spiro atoms. The average Bonchev–Trinajstić information content (AvgIpc) is 2.59. The second-order valence-electron chi connectivity index (χ2n) is 3.86. The Labute approximate surface area is 115 Å². The average molecular weight is 341 g/mol. The first kappa shape index (κ1) is 15.1. The van der Waals surface area contributed by atoms with Gasteiger partial charge in [0.2, 0.25) is 10.0 Å². The van der Waals surface area contributed by atoms with Gasteiger partial charge in [0.15, 0.2) is 0 Å². The van der Waals surface area contributed by atoms with Crippen molar-refractivity contribution >= 4 is 37.3 Å². The first-order chi connectivity index (χ1) is 7.90. The van der Waals surface area contributed by atoms with Gasteiger partial charge in [-0.25, -0.2) is 13.1 Å². The van der Waals surface area contributed by atoms with Crippen molar-refractivity contribution in [2.45, 2.75) is 36.9 Å². The first-order valence-electron chi connectivity index (χ1n) is 5.39. The van der Waals surface area contributed by atoms with Crippen molar-refractivity contribution in [2.75, 3.05) is 6.54 Å². The van der Waals surface area contributed by atoms with Crippen molar-refractivity contribution in [1.29, 1.82) is 0 Å². The van der Waals surface area contributed by atoms with E-state index in [1.54, 1.807) is 6.07 Å². The van der Waals surface area contributed by atoms with E-state index in [2.05, 4.69) is 20.7 Å². The second kappa shape index (κ2) is 6.29. The Morgan fingerprint density at radius 2 is 2.24 bits per heavy atom. The zero-order valence-corrected chi connectivity index (χ0v) is 13.1. The van der Waals surface area contributed by atoms with E-state index in [0.717, 1.165) is 22.2 Å². The number of thiophene rings is 1. The van der Waals surface area contributed by atoms with E-state index < -0.39 is 10.0 Å². The number of nitrogens with one attached hydrogen (secondary N) is 1. The number of halogens is 1. The largest absolute Gasteiger partial charge is 0.329 e. The molecule has 1 heterocycles. The highest BCUT2D eigenvalue weighted by atomic mass is 79.9. The molecule has 0 aliphatic carbocycles. The van der Waals surface area contributed by atoms with E-state index in [9.17, 15) is 8.42 Å². The van der Waals surface area contributed by atoms with Gasteiger partial charge in [-0.1, -0.05) is 13.3 Å². The van der Waals surface area contributed by atoms with Crippen LogP contribution in [0.3, 0.4) is 0 Å². The van der Waals surface area contributed by atoms with Crippen molar-refractivity contribution in [3.8, 4) is 0 Å². The molecule has 98 valence electrons. The summed E-state index contributed by atoms with van der Waals surface area (Å²) in [5.41, 5.74) is 6.47. The summed E-state index contributed by atoms with van der Waals surface area (Å²) in [6.45, 7) is 4.19. The first-order valence-corrected chi connectivity index (χ1v) is 8.48. The monoisotopic (exact) mass is 340 g/mol. The fourth-order valence-corrected chi connectivity index (χ4v) is 4.94. The molecule has 0 aliphatic rings. The van der Waals surface area contributed by atoms with Gasteiger partial charge < -0.3 is 5.73 Å². The standard InChI is InChI=1S/C10H17BrN2O2S2/c1-3-4-8(6-12)13-17(14,15)9-5-7(2)10(11)16-9/h5,8,13H,3-4,6,12H2,1-2H3. The zero-order chi connectivity index (χ0) is 13.1. The predicted molar refractivity (Wildman–Crippen MR) is 74.8 cm³/mol. The van der Waals surface area contributed by atoms with Gasteiger partial charge in [-0.15, -0.1) is 11.3 Å². The molecule has 4 nitrogen and oxygen atoms in total. The van der Waals surface area contributed by atoms with Gasteiger partial charge in [-0.3, -0.25) is 0 Å². The fourth-order valence-electron chi connectivity index (χ4n) is 1.42. The van der Waals surface area contributed by atoms with Crippen LogP contribution in [0.25, 0.3) is 0 Å². The molecule has 1 aromatic heterocycles. The Morgan fingerprint density at radius 1 is 1.59 bits per heavy atom. The van der Waals surface area contributed by atoms with Gasteiger partial charge in [0.05, 0.1) is 3.79 Å². The van der Waals surface area contributed by atoms with Gasteiger partial charge in [-0.2, -0.15) is 0 Å². The van der Waals surface area contributed by atoms with Crippen LogP contribution in [-0.2, 0) is 10.0 Å². The quantitative estimate of drug-likeness (QED) is 0.833. The maximum Gasteiger partial charge on any atom is 0.250 e. The number of hydrogen-bond donors (Lipinski definition) is 2. The molecule has 7 heteroatoms. The van der Waals surface area contributed by atoms with E-state index in [1.807, 2.05) is 13.8 Å². The molecule has 1 unspecified atom stereocenters. The second-order valence-corrected chi connectivity index (χ2v) is 8.18. The van der Waals surface area contributed by atoms with Gasteiger partial charge in [0.25, 0.3) is 0 Å². The smallest absolute Gasteiger partial charge is 0.250 e. The Kier molecular flexibility index (Phi) is 5.59. The Bertz CT molecular complexity index is 451. The van der Waals surface area contributed by atoms with Gasteiger partial charge >= 0.3 is 0 Å². The number of aryl methyl sites for hydroxylation is 1. The Hall–Kier alpha value is 0.0500. The number of nitrogens with two attached hydrogens (primary N) is 1. The third-order valence-corrected chi connectivity index (χ3v) is 6.47. The third-order valence-electron chi connectivity index (χ3n) is 2.34. The van der Waals surface area contributed by atoms with E-state index >= 15 is 0 Å². The van der Waals surface area contributed by atoms with Crippen LogP contribution in [-0.4, -0.2) is 21.0 Å². The van der Waals surface area contributed by atoms with Crippen LogP contribution in [0, 0.1) is 6.92 Å². The molecule has 1 aromatic rings. The van der Waals surface area contributed by atoms with E-state index in [-0.39, 0.29) is 6.04 Å². The molecule has 0 amide bonds. The SMILES string of the molecule is CCCC(CN)NS(=O)(=O)c1cc(C)c(Br)s1. The molecule has 0 aromatic carbocycles. The van der Waals surface area contributed by atoms with Crippen molar-refractivity contribution in [1.82, 2.24) is 4.72 Å². The highest BCUT2D eigenvalue weighted by molar-refractivity contribution is 9.11. The molecular weight excluding hydrogens is 324 g/mol. The van der Waals surface area contributed by atoms with Crippen molar-refractivity contribution in [2.24, 2.45) is 5.73 Å². The van der Waals surface area contributed by atoms with Crippen LogP contribution in [0.5, 0.6) is 0 Å². The lowest BCUT2D eigenvalue weighted by Gasteiger charge is -2.14. The Balaban J connectivity index is 2.88. The van der Waals surface area contributed by atoms with Crippen LogP contribution in [0.2, 0.25) is 0 Å². The summed E-state index contributed by atoms with van der Waals surface area (Å²) in [7, 11) is -3.44. The maximum absolute atomic E-state index is 12.1. The molecule has 17 heavy (non-hydrogen) atoms. The lowest BCUT2D eigenvalue weighted by Crippen LogP contribution is -2.39. The summed E-state index contributed by atoms with van der Waals surface area (Å²) >= 11 is 4.54. The molecule has 1 atom stereocenters. The lowest BCUT2D eigenvalue weighted by atomic mass is 10.2. The molecule has 3 N–H and O–H groups in total. The number of sulfonamides is 1. The lowest BCUT2D eigenvalue weighted by molar-refractivity contribution is 0.528. The fraction of sp³-hybridized carbons (Fsp3) is 0.600. The van der Waals surface area contributed by atoms with Crippen LogP contribution in [0.4, 0.5) is 0 Å². The highest BCUT2D eigenvalue weighted by Crippen LogP contribution is 2.30. The van der Waals surface area contributed by atoms with Crippen molar-refractivity contribution in [3.63, 3.8) is 0 Å². The molecule has 0 saturated carbocycles. The molecular formula is C10H17BrN2O2S2. The van der Waals surface area contributed by atoms with E-state index in [1.165, 1.54) is 11.3 Å². The van der Waals surface area contributed by atoms with Crippen LogP contribution >= 0.6 is 27.3 Å². The maximum atomic E-state index is 12.1. The summed E-state index contributed by atoms with van der Waals surface area (Å²) in [6, 6.07) is 1.47. The van der Waals surface area contributed by atoms with Crippen LogP contribution in [0.15, 0.2) is 14.1 Å². The number of hydrogen-bond acceptors (Lipinski definition) is 4. The highest BCUT2D eigenvalue weighted by Gasteiger charge is 2.21. The third kappa shape index (κ3) is 4.03. The summed E-state index contributed by atoms with van der Waals surface area (Å²) in [4.78, 5) is 0.